The molecule has 0 N–H and O–H groups in total. The van der Waals surface area contributed by atoms with Gasteiger partial charge in [-0.1, -0.05) is 63.3 Å². The Balaban J connectivity index is -0.000000361. The topological polar surface area (TPSA) is 18.5 Å². The minimum absolute atomic E-state index is 0. The van der Waals surface area contributed by atoms with Gasteiger partial charge in [-0.05, 0) is 37.0 Å². The number of methoxy groups -OCH3 is 1. The SMILES string of the molecule is C.C.C.C.CCC1CC(CC)C(COCC(CC)OC)C1. The average molecular weight is 307 g/mol. The monoisotopic (exact) mass is 306 g/mol. The van der Waals surface area contributed by atoms with Crippen molar-refractivity contribution < 1.29 is 9.47 Å². The summed E-state index contributed by atoms with van der Waals surface area (Å²) in [6.45, 7) is 8.49. The van der Waals surface area contributed by atoms with E-state index in [4.69, 9.17) is 9.47 Å². The molecule has 4 atom stereocenters. The van der Waals surface area contributed by atoms with Gasteiger partial charge >= 0.3 is 0 Å². The van der Waals surface area contributed by atoms with Gasteiger partial charge in [-0.2, -0.15) is 0 Å². The Morgan fingerprint density at radius 1 is 0.905 bits per heavy atom. The van der Waals surface area contributed by atoms with Crippen LogP contribution in [0.1, 0.15) is 82.6 Å². The van der Waals surface area contributed by atoms with Crippen molar-refractivity contribution in [2.45, 2.75) is 88.7 Å². The maximum absolute atomic E-state index is 5.86. The van der Waals surface area contributed by atoms with Crippen LogP contribution in [-0.4, -0.2) is 26.4 Å². The van der Waals surface area contributed by atoms with Crippen LogP contribution in [0, 0.1) is 17.8 Å². The number of ether oxygens (including phenoxy) is 2. The zero-order valence-corrected chi connectivity index (χ0v) is 12.1. The summed E-state index contributed by atoms with van der Waals surface area (Å²) in [4.78, 5) is 0. The lowest BCUT2D eigenvalue weighted by molar-refractivity contribution is -0.00857. The van der Waals surface area contributed by atoms with Crippen molar-refractivity contribution >= 4 is 0 Å². The molecule has 0 amide bonds. The van der Waals surface area contributed by atoms with Crippen LogP contribution in [0.5, 0.6) is 0 Å². The zero-order chi connectivity index (χ0) is 12.7. The lowest BCUT2D eigenvalue weighted by Crippen LogP contribution is -2.21. The lowest BCUT2D eigenvalue weighted by atomic mass is 9.94. The van der Waals surface area contributed by atoms with Gasteiger partial charge in [0.05, 0.1) is 12.7 Å². The third-order valence-electron chi connectivity index (χ3n) is 4.46. The molecule has 0 radical (unpaired) electrons. The van der Waals surface area contributed by atoms with Gasteiger partial charge in [0.2, 0.25) is 0 Å². The molecule has 2 heteroatoms. The molecular formula is C19H46O2. The van der Waals surface area contributed by atoms with Crippen LogP contribution < -0.4 is 0 Å². The normalized spacial score (nSPS) is 24.9. The molecule has 0 saturated heterocycles. The first-order valence-corrected chi connectivity index (χ1v) is 7.35. The van der Waals surface area contributed by atoms with Crippen LogP contribution in [0.4, 0.5) is 0 Å². The quantitative estimate of drug-likeness (QED) is 0.514. The molecule has 0 aromatic carbocycles. The van der Waals surface area contributed by atoms with Gasteiger partial charge in [0.1, 0.15) is 0 Å². The van der Waals surface area contributed by atoms with E-state index >= 15 is 0 Å². The van der Waals surface area contributed by atoms with E-state index in [2.05, 4.69) is 20.8 Å². The summed E-state index contributed by atoms with van der Waals surface area (Å²) in [5, 5.41) is 0. The third kappa shape index (κ3) is 9.52. The van der Waals surface area contributed by atoms with Crippen molar-refractivity contribution in [3.8, 4) is 0 Å². The van der Waals surface area contributed by atoms with E-state index < -0.39 is 0 Å². The van der Waals surface area contributed by atoms with Crippen molar-refractivity contribution in [1.82, 2.24) is 0 Å². The highest BCUT2D eigenvalue weighted by molar-refractivity contribution is 4.82. The van der Waals surface area contributed by atoms with Crippen LogP contribution in [-0.2, 0) is 9.47 Å². The summed E-state index contributed by atoms with van der Waals surface area (Å²) >= 11 is 0. The van der Waals surface area contributed by atoms with Gasteiger partial charge in [0.15, 0.2) is 0 Å². The largest absolute Gasteiger partial charge is 0.379 e. The molecule has 1 saturated carbocycles. The van der Waals surface area contributed by atoms with Gasteiger partial charge in [-0.25, -0.2) is 0 Å². The molecule has 21 heavy (non-hydrogen) atoms. The number of hydrogen-bond donors (Lipinski definition) is 0. The molecule has 0 spiro atoms. The minimum atomic E-state index is 0. The second kappa shape index (κ2) is 16.3. The fourth-order valence-electron chi connectivity index (χ4n) is 3.08. The summed E-state index contributed by atoms with van der Waals surface area (Å²) < 4.78 is 11.2. The maximum Gasteiger partial charge on any atom is 0.0802 e. The molecule has 0 aromatic heterocycles. The Labute approximate surface area is 137 Å². The highest BCUT2D eigenvalue weighted by Crippen LogP contribution is 2.39. The summed E-state index contributed by atoms with van der Waals surface area (Å²) in [6, 6.07) is 0. The smallest absolute Gasteiger partial charge is 0.0802 e. The molecule has 0 heterocycles. The number of hydrogen-bond acceptors (Lipinski definition) is 2. The Hall–Kier alpha value is -0.0800. The molecule has 0 bridgehead atoms. The van der Waals surface area contributed by atoms with Crippen LogP contribution in [0.15, 0.2) is 0 Å². The predicted octanol–water partition coefficient (Wildman–Crippen LogP) is 6.43. The molecule has 1 rings (SSSR count). The van der Waals surface area contributed by atoms with Gasteiger partial charge in [0.25, 0.3) is 0 Å². The van der Waals surface area contributed by atoms with Crippen molar-refractivity contribution in [2.75, 3.05) is 20.3 Å². The Bertz CT molecular complexity index is 190. The molecule has 4 unspecified atom stereocenters. The lowest BCUT2D eigenvalue weighted by Gasteiger charge is -2.20. The summed E-state index contributed by atoms with van der Waals surface area (Å²) in [5.74, 6) is 2.62. The first kappa shape index (κ1) is 29.0. The first-order valence-electron chi connectivity index (χ1n) is 7.35. The third-order valence-corrected chi connectivity index (χ3v) is 4.46. The first-order chi connectivity index (χ1) is 8.24. The van der Waals surface area contributed by atoms with E-state index in [1.165, 1.54) is 25.7 Å². The van der Waals surface area contributed by atoms with E-state index in [1.54, 1.807) is 7.11 Å². The second-order valence-corrected chi connectivity index (χ2v) is 5.48. The summed E-state index contributed by atoms with van der Waals surface area (Å²) in [6.07, 6.45) is 6.75. The van der Waals surface area contributed by atoms with Crippen molar-refractivity contribution in [3.05, 3.63) is 0 Å². The zero-order valence-electron chi connectivity index (χ0n) is 12.1. The highest BCUT2D eigenvalue weighted by atomic mass is 16.5. The molecule has 1 fully saturated rings. The summed E-state index contributed by atoms with van der Waals surface area (Å²) in [5.41, 5.74) is 0. The van der Waals surface area contributed by atoms with Gasteiger partial charge in [-0.3, -0.25) is 0 Å². The van der Waals surface area contributed by atoms with E-state index in [1.807, 2.05) is 0 Å². The van der Waals surface area contributed by atoms with E-state index in [9.17, 15) is 0 Å². The van der Waals surface area contributed by atoms with Crippen LogP contribution in [0.3, 0.4) is 0 Å². The molecule has 134 valence electrons. The van der Waals surface area contributed by atoms with Crippen molar-refractivity contribution in [3.63, 3.8) is 0 Å². The van der Waals surface area contributed by atoms with Gasteiger partial charge in [0, 0.05) is 13.7 Å². The molecule has 1 aliphatic carbocycles. The molecule has 0 aliphatic heterocycles. The minimum Gasteiger partial charge on any atom is -0.379 e. The van der Waals surface area contributed by atoms with Crippen LogP contribution in [0.25, 0.3) is 0 Å². The Morgan fingerprint density at radius 2 is 1.48 bits per heavy atom. The van der Waals surface area contributed by atoms with E-state index in [-0.39, 0.29) is 35.8 Å². The van der Waals surface area contributed by atoms with Gasteiger partial charge < -0.3 is 9.47 Å². The predicted molar refractivity (Wildman–Crippen MR) is 99.1 cm³/mol. The summed E-state index contributed by atoms with van der Waals surface area (Å²) in [7, 11) is 1.77. The Morgan fingerprint density at radius 3 is 1.90 bits per heavy atom. The highest BCUT2D eigenvalue weighted by Gasteiger charge is 2.32. The fourth-order valence-corrected chi connectivity index (χ4v) is 3.08. The second-order valence-electron chi connectivity index (χ2n) is 5.48. The van der Waals surface area contributed by atoms with Crippen molar-refractivity contribution in [1.29, 1.82) is 0 Å². The van der Waals surface area contributed by atoms with Crippen LogP contribution >= 0.6 is 0 Å². The molecular weight excluding hydrogens is 260 g/mol. The van der Waals surface area contributed by atoms with E-state index in [0.717, 1.165) is 37.4 Å². The molecule has 1 aliphatic rings. The number of rotatable bonds is 8. The van der Waals surface area contributed by atoms with Crippen LogP contribution in [0.2, 0.25) is 0 Å². The van der Waals surface area contributed by atoms with Gasteiger partial charge in [-0.15, -0.1) is 0 Å². The maximum atomic E-state index is 5.86. The standard InChI is InChI=1S/C15H30O2.4CH4/c1-5-12-8-13(6-2)14(9-12)10-17-11-15(7-3)16-4;;;;/h12-15H,5-11H2,1-4H3;4*1H4. The molecule has 2 nitrogen and oxygen atoms in total. The molecule has 0 aromatic rings. The Kier molecular flexibility index (Phi) is 22.5. The average Bonchev–Trinajstić information content (AvgIpc) is 2.77. The van der Waals surface area contributed by atoms with E-state index in [0.29, 0.717) is 0 Å². The fraction of sp³-hybridized carbons (Fsp3) is 1.00. The van der Waals surface area contributed by atoms with Crippen molar-refractivity contribution in [2.24, 2.45) is 17.8 Å².